The number of hydrogen-bond donors (Lipinski definition) is 2. The van der Waals surface area contributed by atoms with Gasteiger partial charge in [-0.1, -0.05) is 19.4 Å². The van der Waals surface area contributed by atoms with Crippen molar-refractivity contribution in [3.63, 3.8) is 0 Å². The summed E-state index contributed by atoms with van der Waals surface area (Å²) >= 11 is 0. The number of aliphatic hydroxyl groups excluding tert-OH is 1. The van der Waals surface area contributed by atoms with Crippen LogP contribution in [0.4, 0.5) is 17.2 Å². The molecule has 4 fully saturated rings. The minimum Gasteiger partial charge on any atom is -0.512 e. The monoisotopic (exact) mass is 784 g/mol. The van der Waals surface area contributed by atoms with E-state index in [2.05, 4.69) is 48.3 Å². The number of carbonyl (C=O) groups excluding carboxylic acids is 3. The van der Waals surface area contributed by atoms with Crippen LogP contribution >= 0.6 is 0 Å². The van der Waals surface area contributed by atoms with E-state index in [0.29, 0.717) is 35.9 Å². The molecule has 2 aromatic rings. The molecule has 1 atom stereocenters. The Bertz CT molecular complexity index is 2400. The fraction of sp³-hybridized carbons (Fsp3) is 0.477. The average molecular weight is 785 g/mol. The lowest BCUT2D eigenvalue weighted by atomic mass is 9.95. The van der Waals surface area contributed by atoms with Crippen molar-refractivity contribution in [1.82, 2.24) is 34.6 Å². The number of imide groups is 1. The predicted molar refractivity (Wildman–Crippen MR) is 221 cm³/mol. The zero-order chi connectivity index (χ0) is 40.1. The maximum atomic E-state index is 13.2. The molecule has 1 aromatic heterocycles. The zero-order valence-electron chi connectivity index (χ0n) is 33.5. The fourth-order valence-corrected chi connectivity index (χ4v) is 9.92. The quantitative estimate of drug-likeness (QED) is 0.267. The molecule has 1 unspecified atom stereocenters. The number of hydrogen-bond acceptors (Lipinski definition) is 11. The number of carbonyl (C=O) groups is 3. The maximum absolute atomic E-state index is 13.2. The van der Waals surface area contributed by atoms with Crippen LogP contribution in [0.5, 0.6) is 0 Å². The third kappa shape index (κ3) is 7.22. The largest absolute Gasteiger partial charge is 0.512 e. The zero-order valence-corrected chi connectivity index (χ0v) is 33.5. The number of amides is 3. The van der Waals surface area contributed by atoms with E-state index in [9.17, 15) is 19.5 Å². The molecule has 58 heavy (non-hydrogen) atoms. The van der Waals surface area contributed by atoms with Crippen LogP contribution in [0, 0.1) is 12.8 Å². The second kappa shape index (κ2) is 15.6. The molecular formula is C44H52N10O4. The average Bonchev–Trinajstić information content (AvgIpc) is 3.87. The Labute approximate surface area is 338 Å². The third-order valence-electron chi connectivity index (χ3n) is 13.1. The molecule has 0 radical (unpaired) electrons. The van der Waals surface area contributed by atoms with E-state index in [1.54, 1.807) is 11.8 Å². The van der Waals surface area contributed by atoms with Crippen molar-refractivity contribution in [2.45, 2.75) is 83.8 Å². The van der Waals surface area contributed by atoms with Gasteiger partial charge in [0.2, 0.25) is 11.8 Å². The summed E-state index contributed by atoms with van der Waals surface area (Å²) in [7, 11) is 0. The summed E-state index contributed by atoms with van der Waals surface area (Å²) in [5.41, 5.74) is 5.99. The van der Waals surface area contributed by atoms with Crippen LogP contribution in [0.3, 0.4) is 0 Å². The van der Waals surface area contributed by atoms with Crippen LogP contribution in [0.2, 0.25) is 0 Å². The molecule has 14 nitrogen and oxygen atoms in total. The summed E-state index contributed by atoms with van der Waals surface area (Å²) in [6.07, 6.45) is 11.0. The Balaban J connectivity index is 0.787. The highest BCUT2D eigenvalue weighted by Crippen LogP contribution is 2.34. The van der Waals surface area contributed by atoms with Crippen LogP contribution in [0.15, 0.2) is 47.7 Å². The highest BCUT2D eigenvalue weighted by atomic mass is 16.3. The van der Waals surface area contributed by atoms with Crippen molar-refractivity contribution < 1.29 is 19.5 Å². The van der Waals surface area contributed by atoms with Crippen LogP contribution in [-0.2, 0) is 16.1 Å². The fourth-order valence-electron chi connectivity index (χ4n) is 9.92. The van der Waals surface area contributed by atoms with Crippen molar-refractivity contribution in [2.75, 3.05) is 55.6 Å². The molecule has 2 N–H and O–H groups in total. The lowest BCUT2D eigenvalue weighted by Crippen LogP contribution is -2.52. The van der Waals surface area contributed by atoms with E-state index in [1.165, 1.54) is 12.8 Å². The van der Waals surface area contributed by atoms with Gasteiger partial charge in [0.1, 0.15) is 11.9 Å². The molecule has 1 aromatic carbocycles. The molecule has 302 valence electrons. The topological polar surface area (TPSA) is 152 Å². The third-order valence-corrected chi connectivity index (χ3v) is 13.1. The van der Waals surface area contributed by atoms with E-state index < -0.39 is 6.04 Å². The van der Waals surface area contributed by atoms with Gasteiger partial charge in [0, 0.05) is 98.4 Å². The number of piperazine rings is 1. The van der Waals surface area contributed by atoms with Gasteiger partial charge < -0.3 is 24.4 Å². The second-order valence-corrected chi connectivity index (χ2v) is 16.7. The summed E-state index contributed by atoms with van der Waals surface area (Å²) in [6.45, 7) is 15.4. The van der Waals surface area contributed by atoms with E-state index in [4.69, 9.17) is 15.0 Å². The van der Waals surface area contributed by atoms with E-state index in [1.807, 2.05) is 37.5 Å². The van der Waals surface area contributed by atoms with Crippen molar-refractivity contribution in [3.8, 4) is 11.4 Å². The lowest BCUT2D eigenvalue weighted by molar-refractivity contribution is -0.136. The first-order valence-electron chi connectivity index (χ1n) is 20.9. The van der Waals surface area contributed by atoms with Gasteiger partial charge in [-0.05, 0) is 93.3 Å². The lowest BCUT2D eigenvalue weighted by Gasteiger charge is -2.40. The normalized spacial score (nSPS) is 22.0. The Morgan fingerprint density at radius 2 is 1.64 bits per heavy atom. The molecular weight excluding hydrogens is 733 g/mol. The number of fused-ring (bicyclic) bond motifs is 2. The van der Waals surface area contributed by atoms with E-state index >= 15 is 0 Å². The Morgan fingerprint density at radius 1 is 0.897 bits per heavy atom. The minimum atomic E-state index is -0.594. The van der Waals surface area contributed by atoms with Gasteiger partial charge >= 0.3 is 0 Å². The van der Waals surface area contributed by atoms with E-state index in [0.717, 1.165) is 116 Å². The molecule has 9 rings (SSSR count). The molecule has 3 saturated heterocycles. The smallest absolute Gasteiger partial charge is 0.255 e. The SMILES string of the molecule is C=c1/c(=C(\C)O)c(C)c2cnc(=Nc3ccc(N4CCN(CC5CCN(c6ccc7c(c6)CN(C6CCC(=O)NC6=O)C7=O)CC5)CC4)cn3)nc-2n1C1CCCC1. The Hall–Kier alpha value is -5.63. The van der Waals surface area contributed by atoms with Gasteiger partial charge in [-0.15, -0.1) is 0 Å². The number of benzene rings is 1. The van der Waals surface area contributed by atoms with Crippen molar-refractivity contribution in [3.05, 3.63) is 75.6 Å². The summed E-state index contributed by atoms with van der Waals surface area (Å²) in [4.78, 5) is 65.2. The van der Waals surface area contributed by atoms with Crippen molar-refractivity contribution >= 4 is 47.3 Å². The molecule has 3 amide bonds. The summed E-state index contributed by atoms with van der Waals surface area (Å²) in [6, 6.07) is 9.77. The highest BCUT2D eigenvalue weighted by Gasteiger charge is 2.39. The number of anilines is 2. The first-order chi connectivity index (χ1) is 28.1. The molecule has 1 saturated carbocycles. The number of nitrogens with zero attached hydrogens (tertiary/aromatic N) is 9. The van der Waals surface area contributed by atoms with Crippen LogP contribution in [0.25, 0.3) is 23.7 Å². The van der Waals surface area contributed by atoms with Gasteiger partial charge in [-0.3, -0.25) is 24.6 Å². The number of nitrogens with one attached hydrogen (secondary N) is 1. The van der Waals surface area contributed by atoms with Gasteiger partial charge in [-0.2, -0.15) is 9.98 Å². The Morgan fingerprint density at radius 3 is 2.34 bits per heavy atom. The minimum absolute atomic E-state index is 0.130. The van der Waals surface area contributed by atoms with Crippen LogP contribution in [0.1, 0.15) is 85.8 Å². The molecule has 7 heterocycles. The summed E-state index contributed by atoms with van der Waals surface area (Å²) in [5, 5.41) is 14.5. The van der Waals surface area contributed by atoms with Crippen LogP contribution in [-0.4, -0.2) is 104 Å². The molecule has 0 bridgehead atoms. The number of aromatic nitrogens is 4. The number of pyridine rings is 2. The summed E-state index contributed by atoms with van der Waals surface area (Å²) in [5.74, 6) is 1.47. The van der Waals surface area contributed by atoms with Crippen molar-refractivity contribution in [2.24, 2.45) is 10.9 Å². The molecule has 7 aliphatic rings. The molecule has 6 aliphatic heterocycles. The number of rotatable bonds is 7. The molecule has 1 aliphatic carbocycles. The maximum Gasteiger partial charge on any atom is 0.255 e. The predicted octanol–water partition coefficient (Wildman–Crippen LogP) is 3.33. The van der Waals surface area contributed by atoms with Gasteiger partial charge in [0.25, 0.3) is 11.5 Å². The number of piperidine rings is 2. The first kappa shape index (κ1) is 37.9. The van der Waals surface area contributed by atoms with Gasteiger partial charge in [0.15, 0.2) is 5.82 Å². The standard InChI is InChI=1S/C44H52N10O4/c1-27-36-24-46-44(49-41(36)54(32-6-4-5-7-32)28(2)40(27)29(3)55)47-38-12-9-34(23-45-38)52-20-18-50(19-21-52)25-30-14-16-51(17-15-30)33-8-10-35-31(22-33)26-53(43(35)58)37-11-13-39(56)48-42(37)57/h8-10,12,22-24,30,32,37,55H,2,4-7,11,13-21,25-26H2,1,3H3,(H,48,56,57)/b40-29+,47-44?. The van der Waals surface area contributed by atoms with Crippen molar-refractivity contribution in [1.29, 1.82) is 0 Å². The number of aliphatic hydroxyl groups is 1. The Kier molecular flexibility index (Phi) is 10.2. The first-order valence-corrected chi connectivity index (χ1v) is 20.9. The highest BCUT2D eigenvalue weighted by molar-refractivity contribution is 6.05. The van der Waals surface area contributed by atoms with Gasteiger partial charge in [-0.25, -0.2) is 9.97 Å². The second-order valence-electron chi connectivity index (χ2n) is 16.7. The molecule has 14 heteroatoms. The van der Waals surface area contributed by atoms with Gasteiger partial charge in [0.05, 0.1) is 17.6 Å². The van der Waals surface area contributed by atoms with Crippen LogP contribution < -0.4 is 31.3 Å². The summed E-state index contributed by atoms with van der Waals surface area (Å²) < 4.78 is 2.19. The molecule has 0 spiro atoms. The van der Waals surface area contributed by atoms with E-state index in [-0.39, 0.29) is 35.9 Å².